The molecular weight excluding hydrogens is 263 g/mol. The number of alkyl halides is 3. The van der Waals surface area contributed by atoms with E-state index in [-0.39, 0.29) is 11.6 Å². The van der Waals surface area contributed by atoms with Gasteiger partial charge in [0.2, 0.25) is 5.95 Å². The number of hydrogen-bond donors (Lipinski definition) is 1. The molecule has 0 aromatic carbocycles. The van der Waals surface area contributed by atoms with Crippen molar-refractivity contribution in [2.45, 2.75) is 32.0 Å². The molecule has 19 heavy (non-hydrogen) atoms. The number of rotatable bonds is 2. The standard InChI is InChI=1S/C11H12F3N3O2/c1-6-5-8(11(12,13)14)16-10(15-6)17-4-2-3-7(17)9(18)19/h5,7H,2-4H2,1H3,(H,18,19)/t7-/m0/s1. The van der Waals surface area contributed by atoms with Gasteiger partial charge in [0.05, 0.1) is 0 Å². The van der Waals surface area contributed by atoms with Gasteiger partial charge in [-0.15, -0.1) is 0 Å². The number of hydrogen-bond acceptors (Lipinski definition) is 4. The molecule has 1 aliphatic heterocycles. The van der Waals surface area contributed by atoms with Crippen LogP contribution in [-0.2, 0) is 11.0 Å². The van der Waals surface area contributed by atoms with Gasteiger partial charge in [-0.2, -0.15) is 13.2 Å². The third-order valence-corrected chi connectivity index (χ3v) is 2.93. The molecule has 1 atom stereocenters. The number of carboxylic acid groups (broad SMARTS) is 1. The molecule has 1 aromatic rings. The lowest BCUT2D eigenvalue weighted by molar-refractivity contribution is -0.141. The highest BCUT2D eigenvalue weighted by atomic mass is 19.4. The maximum absolute atomic E-state index is 12.7. The average Bonchev–Trinajstić information content (AvgIpc) is 2.75. The smallest absolute Gasteiger partial charge is 0.433 e. The molecule has 1 fully saturated rings. The molecule has 8 heteroatoms. The molecule has 0 bridgehead atoms. The molecule has 0 saturated carbocycles. The molecule has 0 spiro atoms. The highest BCUT2D eigenvalue weighted by molar-refractivity contribution is 5.78. The fourth-order valence-electron chi connectivity index (χ4n) is 2.09. The van der Waals surface area contributed by atoms with E-state index in [2.05, 4.69) is 9.97 Å². The summed E-state index contributed by atoms with van der Waals surface area (Å²) in [7, 11) is 0. The highest BCUT2D eigenvalue weighted by Crippen LogP contribution is 2.30. The topological polar surface area (TPSA) is 66.3 Å². The van der Waals surface area contributed by atoms with Gasteiger partial charge in [-0.25, -0.2) is 14.8 Å². The average molecular weight is 275 g/mol. The van der Waals surface area contributed by atoms with Crippen LogP contribution < -0.4 is 4.90 Å². The van der Waals surface area contributed by atoms with Crippen molar-refractivity contribution in [3.05, 3.63) is 17.5 Å². The number of aliphatic carboxylic acids is 1. The molecule has 1 saturated heterocycles. The first-order valence-corrected chi connectivity index (χ1v) is 5.71. The second kappa shape index (κ2) is 4.67. The van der Waals surface area contributed by atoms with Crippen LogP contribution in [0.2, 0.25) is 0 Å². The van der Waals surface area contributed by atoms with E-state index in [9.17, 15) is 18.0 Å². The van der Waals surface area contributed by atoms with Gasteiger partial charge in [0.25, 0.3) is 0 Å². The van der Waals surface area contributed by atoms with Crippen LogP contribution in [0.3, 0.4) is 0 Å². The molecule has 104 valence electrons. The van der Waals surface area contributed by atoms with E-state index in [1.165, 1.54) is 11.8 Å². The summed E-state index contributed by atoms with van der Waals surface area (Å²) in [4.78, 5) is 19.7. The summed E-state index contributed by atoms with van der Waals surface area (Å²) >= 11 is 0. The molecule has 0 aliphatic carbocycles. The van der Waals surface area contributed by atoms with Gasteiger partial charge in [-0.05, 0) is 25.8 Å². The summed E-state index contributed by atoms with van der Waals surface area (Å²) in [5, 5.41) is 9.02. The number of carboxylic acids is 1. The van der Waals surface area contributed by atoms with Crippen LogP contribution in [0.25, 0.3) is 0 Å². The van der Waals surface area contributed by atoms with Crippen molar-refractivity contribution in [3.8, 4) is 0 Å². The first kappa shape index (κ1) is 13.6. The molecule has 0 amide bonds. The van der Waals surface area contributed by atoms with Gasteiger partial charge in [-0.1, -0.05) is 0 Å². The minimum absolute atomic E-state index is 0.161. The second-order valence-electron chi connectivity index (χ2n) is 4.38. The minimum Gasteiger partial charge on any atom is -0.480 e. The number of halogens is 3. The van der Waals surface area contributed by atoms with Crippen LogP contribution in [0.1, 0.15) is 24.2 Å². The lowest BCUT2D eigenvalue weighted by Crippen LogP contribution is -2.37. The number of anilines is 1. The van der Waals surface area contributed by atoms with Crippen molar-refractivity contribution < 1.29 is 23.1 Å². The summed E-state index contributed by atoms with van der Waals surface area (Å²) in [6.07, 6.45) is -3.59. The third kappa shape index (κ3) is 2.77. The van der Waals surface area contributed by atoms with Gasteiger partial charge in [0.15, 0.2) is 0 Å². The van der Waals surface area contributed by atoms with Crippen LogP contribution in [0.4, 0.5) is 19.1 Å². The Morgan fingerprint density at radius 1 is 1.47 bits per heavy atom. The number of aromatic nitrogens is 2. The minimum atomic E-state index is -4.57. The van der Waals surface area contributed by atoms with E-state index in [1.807, 2.05) is 0 Å². The van der Waals surface area contributed by atoms with Crippen LogP contribution in [0, 0.1) is 6.92 Å². The van der Waals surface area contributed by atoms with Crippen LogP contribution >= 0.6 is 0 Å². The zero-order valence-corrected chi connectivity index (χ0v) is 10.1. The van der Waals surface area contributed by atoms with E-state index in [0.717, 1.165) is 6.07 Å². The van der Waals surface area contributed by atoms with E-state index in [4.69, 9.17) is 5.11 Å². The predicted molar refractivity (Wildman–Crippen MR) is 59.8 cm³/mol. The van der Waals surface area contributed by atoms with Gasteiger partial charge in [0, 0.05) is 12.2 Å². The Labute approximate surface area is 107 Å². The monoisotopic (exact) mass is 275 g/mol. The van der Waals surface area contributed by atoms with E-state index >= 15 is 0 Å². The molecule has 1 N–H and O–H groups in total. The normalized spacial score (nSPS) is 19.8. The predicted octanol–water partition coefficient (Wildman–Crippen LogP) is 1.86. The van der Waals surface area contributed by atoms with E-state index < -0.39 is 23.9 Å². The fraction of sp³-hybridized carbons (Fsp3) is 0.545. The molecule has 1 aromatic heterocycles. The molecule has 2 rings (SSSR count). The van der Waals surface area contributed by atoms with Crippen LogP contribution in [0.15, 0.2) is 6.07 Å². The third-order valence-electron chi connectivity index (χ3n) is 2.93. The SMILES string of the molecule is Cc1cc(C(F)(F)F)nc(N2CCC[C@H]2C(=O)O)n1. The zero-order valence-electron chi connectivity index (χ0n) is 10.1. The number of nitrogens with zero attached hydrogens (tertiary/aromatic N) is 3. The Morgan fingerprint density at radius 3 is 2.74 bits per heavy atom. The quantitative estimate of drug-likeness (QED) is 0.892. The Bertz CT molecular complexity index is 504. The summed E-state index contributed by atoms with van der Waals surface area (Å²) in [5.41, 5.74) is -0.889. The van der Waals surface area contributed by atoms with E-state index in [1.54, 1.807) is 0 Å². The summed E-state index contributed by atoms with van der Waals surface area (Å²) in [5.74, 6) is -1.24. The Morgan fingerprint density at radius 2 is 2.16 bits per heavy atom. The summed E-state index contributed by atoms with van der Waals surface area (Å²) in [6, 6.07) is -0.0158. The first-order chi connectivity index (χ1) is 8.79. The second-order valence-corrected chi connectivity index (χ2v) is 4.38. The molecule has 5 nitrogen and oxygen atoms in total. The first-order valence-electron chi connectivity index (χ1n) is 5.71. The number of aryl methyl sites for hydroxylation is 1. The van der Waals surface area contributed by atoms with Crippen molar-refractivity contribution in [2.24, 2.45) is 0 Å². The van der Waals surface area contributed by atoms with Gasteiger partial charge < -0.3 is 10.0 Å². The van der Waals surface area contributed by atoms with Crippen molar-refractivity contribution in [3.63, 3.8) is 0 Å². The van der Waals surface area contributed by atoms with Crippen molar-refractivity contribution in [1.82, 2.24) is 9.97 Å². The molecule has 2 heterocycles. The molecule has 0 radical (unpaired) electrons. The van der Waals surface area contributed by atoms with Gasteiger partial charge in [-0.3, -0.25) is 0 Å². The van der Waals surface area contributed by atoms with Crippen molar-refractivity contribution in [1.29, 1.82) is 0 Å². The number of carbonyl (C=O) groups is 1. The lowest BCUT2D eigenvalue weighted by atomic mass is 10.2. The maximum atomic E-state index is 12.7. The van der Waals surface area contributed by atoms with Gasteiger partial charge >= 0.3 is 12.1 Å². The van der Waals surface area contributed by atoms with Crippen molar-refractivity contribution >= 4 is 11.9 Å². The maximum Gasteiger partial charge on any atom is 0.433 e. The Balaban J connectivity index is 2.40. The largest absolute Gasteiger partial charge is 0.480 e. The lowest BCUT2D eigenvalue weighted by Gasteiger charge is -2.22. The Hall–Kier alpha value is -1.86. The molecule has 1 aliphatic rings. The van der Waals surface area contributed by atoms with Crippen molar-refractivity contribution in [2.75, 3.05) is 11.4 Å². The molecule has 0 unspecified atom stereocenters. The van der Waals surface area contributed by atoms with Gasteiger partial charge in [0.1, 0.15) is 11.7 Å². The fourth-order valence-corrected chi connectivity index (χ4v) is 2.09. The molecular formula is C11H12F3N3O2. The van der Waals surface area contributed by atoms with Crippen LogP contribution in [0.5, 0.6) is 0 Å². The van der Waals surface area contributed by atoms with Crippen LogP contribution in [-0.4, -0.2) is 33.6 Å². The Kier molecular flexibility index (Phi) is 3.34. The highest BCUT2D eigenvalue weighted by Gasteiger charge is 2.36. The zero-order chi connectivity index (χ0) is 14.2. The summed E-state index contributed by atoms with van der Waals surface area (Å²) < 4.78 is 38.0. The van der Waals surface area contributed by atoms with E-state index in [0.29, 0.717) is 19.4 Å². The summed E-state index contributed by atoms with van der Waals surface area (Å²) in [6.45, 7) is 1.77.